The van der Waals surface area contributed by atoms with Gasteiger partial charge in [0, 0.05) is 25.6 Å². The van der Waals surface area contributed by atoms with Crippen molar-refractivity contribution < 1.29 is 9.47 Å². The van der Waals surface area contributed by atoms with E-state index in [4.69, 9.17) is 14.5 Å². The summed E-state index contributed by atoms with van der Waals surface area (Å²) >= 11 is 0. The molecule has 5 nitrogen and oxygen atoms in total. The van der Waals surface area contributed by atoms with E-state index in [0.717, 1.165) is 44.2 Å². The molecule has 2 rings (SSSR count). The minimum absolute atomic E-state index is 0.114. The Morgan fingerprint density at radius 1 is 1.38 bits per heavy atom. The maximum atomic E-state index is 5.82. The molecule has 0 radical (unpaired) electrons. The second-order valence-corrected chi connectivity index (χ2v) is 6.62. The van der Waals surface area contributed by atoms with Crippen LogP contribution >= 0.6 is 0 Å². The quantitative estimate of drug-likeness (QED) is 0.595. The van der Waals surface area contributed by atoms with Crippen molar-refractivity contribution in [2.45, 2.75) is 45.1 Å². The van der Waals surface area contributed by atoms with Gasteiger partial charge in [0.2, 0.25) is 0 Å². The molecule has 1 heterocycles. The van der Waals surface area contributed by atoms with E-state index in [1.807, 2.05) is 18.2 Å². The van der Waals surface area contributed by atoms with Crippen molar-refractivity contribution in [3.05, 3.63) is 29.8 Å². The summed E-state index contributed by atoms with van der Waals surface area (Å²) in [6.45, 7) is 9.58. The van der Waals surface area contributed by atoms with Crippen molar-refractivity contribution in [3.8, 4) is 5.75 Å². The van der Waals surface area contributed by atoms with Crippen molar-refractivity contribution in [3.63, 3.8) is 0 Å². The summed E-state index contributed by atoms with van der Waals surface area (Å²) in [5.41, 5.74) is 1.09. The number of nitrogens with one attached hydrogen (secondary N) is 2. The second kappa shape index (κ2) is 8.92. The maximum Gasteiger partial charge on any atom is 0.191 e. The van der Waals surface area contributed by atoms with E-state index in [2.05, 4.69) is 37.5 Å². The van der Waals surface area contributed by atoms with Crippen LogP contribution in [0.3, 0.4) is 0 Å². The third-order valence-corrected chi connectivity index (χ3v) is 4.46. The number of aliphatic imine (C=N–C) groups is 1. The van der Waals surface area contributed by atoms with Gasteiger partial charge in [-0.05, 0) is 38.3 Å². The molecule has 5 heteroatoms. The van der Waals surface area contributed by atoms with Gasteiger partial charge in [-0.2, -0.15) is 0 Å². The minimum Gasteiger partial charge on any atom is -0.496 e. The molecular formula is C19H31N3O2. The molecule has 2 N–H and O–H groups in total. The van der Waals surface area contributed by atoms with Crippen LogP contribution in [0.4, 0.5) is 0 Å². The fourth-order valence-corrected chi connectivity index (χ4v) is 2.98. The van der Waals surface area contributed by atoms with Crippen LogP contribution in [0, 0.1) is 0 Å². The number of rotatable bonds is 7. The lowest BCUT2D eigenvalue weighted by atomic mass is 10.0. The Morgan fingerprint density at radius 3 is 2.83 bits per heavy atom. The third-order valence-electron chi connectivity index (χ3n) is 4.46. The molecule has 2 atom stereocenters. The molecule has 134 valence electrons. The number of guanidine groups is 1. The zero-order valence-corrected chi connectivity index (χ0v) is 15.4. The Kier molecular flexibility index (Phi) is 6.91. The summed E-state index contributed by atoms with van der Waals surface area (Å²) in [7, 11) is 1.72. The van der Waals surface area contributed by atoms with E-state index in [0.29, 0.717) is 12.5 Å². The fraction of sp³-hybridized carbons (Fsp3) is 0.632. The molecule has 0 aliphatic carbocycles. The zero-order valence-electron chi connectivity index (χ0n) is 15.4. The molecule has 0 amide bonds. The van der Waals surface area contributed by atoms with Crippen molar-refractivity contribution in [1.29, 1.82) is 0 Å². The molecule has 0 aromatic heterocycles. The Balaban J connectivity index is 1.95. The first-order chi connectivity index (χ1) is 11.6. The SMILES string of the molecule is CCNC(=NCC1(C)CCCO1)NCC(C)c1ccccc1OC. The van der Waals surface area contributed by atoms with Gasteiger partial charge in [-0.3, -0.25) is 4.99 Å². The number of hydrogen-bond acceptors (Lipinski definition) is 3. The monoisotopic (exact) mass is 333 g/mol. The van der Waals surface area contributed by atoms with Gasteiger partial charge in [0.1, 0.15) is 5.75 Å². The Labute approximate surface area is 145 Å². The zero-order chi connectivity index (χ0) is 17.4. The molecule has 24 heavy (non-hydrogen) atoms. The number of para-hydroxylation sites is 1. The molecule has 1 aromatic carbocycles. The lowest BCUT2D eigenvalue weighted by Crippen LogP contribution is -2.40. The van der Waals surface area contributed by atoms with Crippen LogP contribution in [-0.2, 0) is 4.74 Å². The lowest BCUT2D eigenvalue weighted by Gasteiger charge is -2.22. The van der Waals surface area contributed by atoms with Crippen LogP contribution in [0.2, 0.25) is 0 Å². The summed E-state index contributed by atoms with van der Waals surface area (Å²) in [5.74, 6) is 2.10. The highest BCUT2D eigenvalue weighted by Crippen LogP contribution is 2.26. The number of benzene rings is 1. The van der Waals surface area contributed by atoms with Gasteiger partial charge in [-0.15, -0.1) is 0 Å². The van der Waals surface area contributed by atoms with Crippen LogP contribution < -0.4 is 15.4 Å². The predicted molar refractivity (Wildman–Crippen MR) is 99.0 cm³/mol. The van der Waals surface area contributed by atoms with Gasteiger partial charge in [0.05, 0.1) is 19.3 Å². The van der Waals surface area contributed by atoms with Gasteiger partial charge in [-0.1, -0.05) is 25.1 Å². The molecule has 0 saturated carbocycles. The first kappa shape index (κ1) is 18.6. The number of hydrogen-bond donors (Lipinski definition) is 2. The molecule has 1 aliphatic heterocycles. The molecule has 2 unspecified atom stereocenters. The highest BCUT2D eigenvalue weighted by Gasteiger charge is 2.29. The van der Waals surface area contributed by atoms with E-state index in [9.17, 15) is 0 Å². The van der Waals surface area contributed by atoms with Gasteiger partial charge in [0.25, 0.3) is 0 Å². The van der Waals surface area contributed by atoms with Crippen molar-refractivity contribution in [2.75, 3.05) is 33.4 Å². The summed E-state index contributed by atoms with van der Waals surface area (Å²) in [6.07, 6.45) is 2.20. The van der Waals surface area contributed by atoms with Gasteiger partial charge < -0.3 is 20.1 Å². The average Bonchev–Trinajstić information content (AvgIpc) is 3.04. The molecule has 1 saturated heterocycles. The van der Waals surface area contributed by atoms with Crippen molar-refractivity contribution in [1.82, 2.24) is 10.6 Å². The van der Waals surface area contributed by atoms with Crippen LogP contribution in [0.1, 0.15) is 45.1 Å². The minimum atomic E-state index is -0.114. The Morgan fingerprint density at radius 2 is 2.17 bits per heavy atom. The van der Waals surface area contributed by atoms with Crippen LogP contribution in [0.5, 0.6) is 5.75 Å². The summed E-state index contributed by atoms with van der Waals surface area (Å²) in [6, 6.07) is 8.16. The van der Waals surface area contributed by atoms with Gasteiger partial charge in [-0.25, -0.2) is 0 Å². The van der Waals surface area contributed by atoms with E-state index in [1.54, 1.807) is 7.11 Å². The highest BCUT2D eigenvalue weighted by molar-refractivity contribution is 5.79. The second-order valence-electron chi connectivity index (χ2n) is 6.62. The largest absolute Gasteiger partial charge is 0.496 e. The van der Waals surface area contributed by atoms with E-state index in [1.165, 1.54) is 5.56 Å². The van der Waals surface area contributed by atoms with Gasteiger partial charge in [0.15, 0.2) is 5.96 Å². The third kappa shape index (κ3) is 5.13. The molecule has 0 spiro atoms. The van der Waals surface area contributed by atoms with Gasteiger partial charge >= 0.3 is 0 Å². The van der Waals surface area contributed by atoms with Crippen LogP contribution in [-0.4, -0.2) is 44.9 Å². The summed E-state index contributed by atoms with van der Waals surface area (Å²) in [4.78, 5) is 4.71. The molecule has 0 bridgehead atoms. The van der Waals surface area contributed by atoms with E-state index >= 15 is 0 Å². The van der Waals surface area contributed by atoms with Crippen molar-refractivity contribution in [2.24, 2.45) is 4.99 Å². The normalized spacial score (nSPS) is 22.2. The highest BCUT2D eigenvalue weighted by atomic mass is 16.5. The standard InChI is InChI=1S/C19H31N3O2/c1-5-20-18(22-14-19(3)11-8-12-24-19)21-13-15(2)16-9-6-7-10-17(16)23-4/h6-7,9-10,15H,5,8,11-14H2,1-4H3,(H2,20,21,22). The van der Waals surface area contributed by atoms with Crippen molar-refractivity contribution >= 4 is 5.96 Å². The summed E-state index contributed by atoms with van der Waals surface area (Å²) in [5, 5.41) is 6.75. The number of ether oxygens (including phenoxy) is 2. The predicted octanol–water partition coefficient (Wildman–Crippen LogP) is 2.92. The molecular weight excluding hydrogens is 302 g/mol. The Hall–Kier alpha value is -1.75. The van der Waals surface area contributed by atoms with E-state index in [-0.39, 0.29) is 5.60 Å². The lowest BCUT2D eigenvalue weighted by molar-refractivity contribution is 0.0283. The van der Waals surface area contributed by atoms with Crippen LogP contribution in [0.15, 0.2) is 29.3 Å². The topological polar surface area (TPSA) is 54.9 Å². The maximum absolute atomic E-state index is 5.82. The first-order valence-electron chi connectivity index (χ1n) is 8.87. The molecule has 1 aliphatic rings. The first-order valence-corrected chi connectivity index (χ1v) is 8.87. The average molecular weight is 333 g/mol. The smallest absolute Gasteiger partial charge is 0.191 e. The summed E-state index contributed by atoms with van der Waals surface area (Å²) < 4.78 is 11.3. The fourth-order valence-electron chi connectivity index (χ4n) is 2.98. The molecule has 1 aromatic rings. The number of methoxy groups -OCH3 is 1. The molecule has 1 fully saturated rings. The van der Waals surface area contributed by atoms with Crippen LogP contribution in [0.25, 0.3) is 0 Å². The Bertz CT molecular complexity index is 539. The number of nitrogens with zero attached hydrogens (tertiary/aromatic N) is 1. The van der Waals surface area contributed by atoms with E-state index < -0.39 is 0 Å².